The van der Waals surface area contributed by atoms with Gasteiger partial charge in [-0.15, -0.1) is 0 Å². The number of carboxylic acid groups (broad SMARTS) is 1. The minimum absolute atomic E-state index is 0.0461. The molecule has 0 bridgehead atoms. The molecule has 1 atom stereocenters. The van der Waals surface area contributed by atoms with Crippen molar-refractivity contribution in [3.63, 3.8) is 0 Å². The monoisotopic (exact) mass is 289 g/mol. The van der Waals surface area contributed by atoms with Crippen LogP contribution in [0.5, 0.6) is 0 Å². The number of hydrogen-bond donors (Lipinski definition) is 2. The number of carbonyl (C=O) groups is 2. The van der Waals surface area contributed by atoms with Gasteiger partial charge in [-0.25, -0.2) is 4.79 Å². The number of benzene rings is 1. The second kappa shape index (κ2) is 7.04. The molecular weight excluding hydrogens is 270 g/mol. The molecule has 1 aliphatic rings. The van der Waals surface area contributed by atoms with Crippen LogP contribution in [0.15, 0.2) is 24.3 Å². The average Bonchev–Trinajstić information content (AvgIpc) is 2.45. The summed E-state index contributed by atoms with van der Waals surface area (Å²) in [6, 6.07) is 5.35. The second-order valence-corrected chi connectivity index (χ2v) is 5.19. The Balaban J connectivity index is 2.10. The fraction of sp³-hybridized carbons (Fsp3) is 0.375. The summed E-state index contributed by atoms with van der Waals surface area (Å²) in [5.74, 6) is -1.17. The molecule has 0 aromatic heterocycles. The summed E-state index contributed by atoms with van der Waals surface area (Å²) in [4.78, 5) is 22.8. The van der Waals surface area contributed by atoms with E-state index >= 15 is 0 Å². The van der Waals surface area contributed by atoms with Crippen LogP contribution in [0.1, 0.15) is 34.3 Å². The smallest absolute Gasteiger partial charge is 0.328 e. The lowest BCUT2D eigenvalue weighted by Crippen LogP contribution is -2.40. The van der Waals surface area contributed by atoms with Crippen molar-refractivity contribution in [1.82, 2.24) is 5.32 Å². The quantitative estimate of drug-likeness (QED) is 0.831. The van der Waals surface area contributed by atoms with Crippen molar-refractivity contribution in [2.75, 3.05) is 13.2 Å². The van der Waals surface area contributed by atoms with Crippen LogP contribution < -0.4 is 5.32 Å². The first kappa shape index (κ1) is 15.3. The van der Waals surface area contributed by atoms with Crippen LogP contribution in [0, 0.1) is 6.92 Å². The molecule has 0 saturated carbocycles. The van der Waals surface area contributed by atoms with Gasteiger partial charge in [0.2, 0.25) is 0 Å². The summed E-state index contributed by atoms with van der Waals surface area (Å²) in [6.07, 6.45) is 4.41. The molecule has 5 nitrogen and oxygen atoms in total. The van der Waals surface area contributed by atoms with E-state index in [0.717, 1.165) is 31.1 Å². The minimum atomic E-state index is -1.01. The van der Waals surface area contributed by atoms with Crippen molar-refractivity contribution in [2.24, 2.45) is 0 Å². The van der Waals surface area contributed by atoms with Gasteiger partial charge in [0, 0.05) is 18.2 Å². The van der Waals surface area contributed by atoms with Gasteiger partial charge < -0.3 is 15.2 Å². The molecule has 1 saturated heterocycles. The Morgan fingerprint density at radius 3 is 2.86 bits per heavy atom. The zero-order valence-electron chi connectivity index (χ0n) is 12.0. The van der Waals surface area contributed by atoms with Gasteiger partial charge in [0.25, 0.3) is 5.91 Å². The molecule has 0 radical (unpaired) electrons. The van der Waals surface area contributed by atoms with Gasteiger partial charge in [-0.1, -0.05) is 6.07 Å². The second-order valence-electron chi connectivity index (χ2n) is 5.19. The van der Waals surface area contributed by atoms with Gasteiger partial charge in [0.1, 0.15) is 0 Å². The fourth-order valence-corrected chi connectivity index (χ4v) is 2.33. The third kappa shape index (κ3) is 4.72. The molecular formula is C16H19NO4. The van der Waals surface area contributed by atoms with Crippen molar-refractivity contribution in [2.45, 2.75) is 25.8 Å². The first-order valence-electron chi connectivity index (χ1n) is 6.96. The van der Waals surface area contributed by atoms with Gasteiger partial charge in [0.15, 0.2) is 0 Å². The lowest BCUT2D eigenvalue weighted by Gasteiger charge is -2.23. The number of rotatable bonds is 4. The summed E-state index contributed by atoms with van der Waals surface area (Å²) in [5, 5.41) is 11.6. The van der Waals surface area contributed by atoms with E-state index in [4.69, 9.17) is 9.84 Å². The minimum Gasteiger partial charge on any atom is -0.478 e. The highest BCUT2D eigenvalue weighted by molar-refractivity contribution is 5.95. The fourth-order valence-electron chi connectivity index (χ4n) is 2.33. The molecule has 1 aliphatic heterocycles. The Labute approximate surface area is 123 Å². The Morgan fingerprint density at radius 2 is 2.19 bits per heavy atom. The summed E-state index contributed by atoms with van der Waals surface area (Å²) in [7, 11) is 0. The molecule has 2 rings (SSSR count). The molecule has 2 N–H and O–H groups in total. The number of amides is 1. The van der Waals surface area contributed by atoms with Gasteiger partial charge in [-0.2, -0.15) is 0 Å². The van der Waals surface area contributed by atoms with Gasteiger partial charge >= 0.3 is 5.97 Å². The van der Waals surface area contributed by atoms with Gasteiger partial charge in [-0.05, 0) is 49.1 Å². The standard InChI is InChI=1S/C16H19NO4/c1-11-7-12(4-5-15(18)19)9-13(8-11)16(20)17-14-3-2-6-21-10-14/h4-5,7-9,14H,2-3,6,10H2,1H3,(H,17,20)(H,18,19)/b5-4+. The number of nitrogens with one attached hydrogen (secondary N) is 1. The molecule has 1 aromatic rings. The number of hydrogen-bond acceptors (Lipinski definition) is 3. The van der Waals surface area contributed by atoms with Crippen LogP contribution in [-0.4, -0.2) is 36.2 Å². The molecule has 1 aromatic carbocycles. The highest BCUT2D eigenvalue weighted by atomic mass is 16.5. The maximum atomic E-state index is 12.2. The van der Waals surface area contributed by atoms with Crippen LogP contribution in [0.2, 0.25) is 0 Å². The molecule has 1 heterocycles. The topological polar surface area (TPSA) is 75.6 Å². The lowest BCUT2D eigenvalue weighted by atomic mass is 10.0. The van der Waals surface area contributed by atoms with Gasteiger partial charge in [-0.3, -0.25) is 4.79 Å². The van der Waals surface area contributed by atoms with E-state index < -0.39 is 5.97 Å². The predicted molar refractivity (Wildman–Crippen MR) is 79.2 cm³/mol. The van der Waals surface area contributed by atoms with Crippen LogP contribution in [-0.2, 0) is 9.53 Å². The van der Waals surface area contributed by atoms with Crippen molar-refractivity contribution < 1.29 is 19.4 Å². The number of ether oxygens (including phenoxy) is 1. The normalized spacial score (nSPS) is 18.6. The van der Waals surface area contributed by atoms with Gasteiger partial charge in [0.05, 0.1) is 12.6 Å². The molecule has 0 spiro atoms. The predicted octanol–water partition coefficient (Wildman–Crippen LogP) is 2.00. The zero-order valence-corrected chi connectivity index (χ0v) is 12.0. The molecule has 0 aliphatic carbocycles. The van der Waals surface area contributed by atoms with Crippen LogP contribution >= 0.6 is 0 Å². The Kier molecular flexibility index (Phi) is 5.11. The maximum absolute atomic E-state index is 12.2. The van der Waals surface area contributed by atoms with Crippen LogP contribution in [0.25, 0.3) is 6.08 Å². The maximum Gasteiger partial charge on any atom is 0.328 e. The first-order valence-corrected chi connectivity index (χ1v) is 6.96. The lowest BCUT2D eigenvalue weighted by molar-refractivity contribution is -0.131. The van der Waals surface area contributed by atoms with E-state index in [2.05, 4.69) is 5.32 Å². The van der Waals surface area contributed by atoms with E-state index in [1.807, 2.05) is 13.0 Å². The van der Waals surface area contributed by atoms with E-state index in [-0.39, 0.29) is 11.9 Å². The number of aryl methyl sites for hydroxylation is 1. The third-order valence-electron chi connectivity index (χ3n) is 3.28. The van der Waals surface area contributed by atoms with Crippen molar-refractivity contribution in [3.8, 4) is 0 Å². The van der Waals surface area contributed by atoms with Crippen LogP contribution in [0.3, 0.4) is 0 Å². The van der Waals surface area contributed by atoms with Crippen molar-refractivity contribution in [3.05, 3.63) is 41.0 Å². The summed E-state index contributed by atoms with van der Waals surface area (Å²) in [5.41, 5.74) is 2.14. The first-order chi connectivity index (χ1) is 10.0. The summed E-state index contributed by atoms with van der Waals surface area (Å²) >= 11 is 0. The highest BCUT2D eigenvalue weighted by Gasteiger charge is 2.17. The van der Waals surface area contributed by atoms with E-state index in [9.17, 15) is 9.59 Å². The number of aliphatic carboxylic acids is 1. The van der Waals surface area contributed by atoms with Crippen molar-refractivity contribution >= 4 is 18.0 Å². The summed E-state index contributed by atoms with van der Waals surface area (Å²) in [6.45, 7) is 3.17. The largest absolute Gasteiger partial charge is 0.478 e. The third-order valence-corrected chi connectivity index (χ3v) is 3.28. The van der Waals surface area contributed by atoms with E-state index in [1.165, 1.54) is 6.08 Å². The SMILES string of the molecule is Cc1cc(/C=C/C(=O)O)cc(C(=O)NC2CCCOC2)c1. The Morgan fingerprint density at radius 1 is 1.38 bits per heavy atom. The Hall–Kier alpha value is -2.14. The average molecular weight is 289 g/mol. The molecule has 1 unspecified atom stereocenters. The van der Waals surface area contributed by atoms with Crippen molar-refractivity contribution in [1.29, 1.82) is 0 Å². The Bertz CT molecular complexity index is 559. The van der Waals surface area contributed by atoms with Crippen LogP contribution in [0.4, 0.5) is 0 Å². The van der Waals surface area contributed by atoms with E-state index in [1.54, 1.807) is 12.1 Å². The molecule has 112 valence electrons. The molecule has 5 heteroatoms. The number of carboxylic acids is 1. The molecule has 1 fully saturated rings. The number of carbonyl (C=O) groups excluding carboxylic acids is 1. The zero-order chi connectivity index (χ0) is 15.2. The molecule has 21 heavy (non-hydrogen) atoms. The molecule has 1 amide bonds. The summed E-state index contributed by atoms with van der Waals surface area (Å²) < 4.78 is 5.34. The van der Waals surface area contributed by atoms with E-state index in [0.29, 0.717) is 17.7 Å². The highest BCUT2D eigenvalue weighted by Crippen LogP contribution is 2.13.